The molecule has 0 aliphatic carbocycles. The summed E-state index contributed by atoms with van der Waals surface area (Å²) in [6.07, 6.45) is 0. The van der Waals surface area contributed by atoms with Crippen molar-refractivity contribution >= 4 is 11.6 Å². The van der Waals surface area contributed by atoms with Crippen LogP contribution in [0.4, 0.5) is 4.39 Å². The molecule has 3 heteroatoms. The quantitative estimate of drug-likeness (QED) is 0.858. The summed E-state index contributed by atoms with van der Waals surface area (Å²) in [5.41, 5.74) is 9.43. The van der Waals surface area contributed by atoms with Gasteiger partial charge in [-0.05, 0) is 53.4 Å². The van der Waals surface area contributed by atoms with E-state index in [1.807, 2.05) is 19.1 Å². The Morgan fingerprint density at radius 3 is 2.59 bits per heavy atom. The van der Waals surface area contributed by atoms with E-state index in [1.165, 1.54) is 12.1 Å². The highest BCUT2D eigenvalue weighted by Crippen LogP contribution is 2.29. The zero-order chi connectivity index (χ0) is 12.4. The number of aryl methyl sites for hydroxylation is 1. The van der Waals surface area contributed by atoms with Crippen molar-refractivity contribution in [3.8, 4) is 11.1 Å². The molecule has 2 rings (SSSR count). The third-order valence-corrected chi connectivity index (χ3v) is 3.01. The maximum absolute atomic E-state index is 13.3. The van der Waals surface area contributed by atoms with Gasteiger partial charge in [0, 0.05) is 11.6 Å². The summed E-state index contributed by atoms with van der Waals surface area (Å²) in [5.74, 6) is -0.247. The Bertz CT molecular complexity index is 552. The van der Waals surface area contributed by atoms with Crippen LogP contribution in [-0.2, 0) is 6.54 Å². The summed E-state index contributed by atoms with van der Waals surface area (Å²) in [6.45, 7) is 2.33. The average molecular weight is 250 g/mol. The van der Waals surface area contributed by atoms with Gasteiger partial charge in [0.15, 0.2) is 0 Å². The van der Waals surface area contributed by atoms with Crippen LogP contribution in [0.1, 0.15) is 11.1 Å². The molecular formula is C14H13ClFN. The average Bonchev–Trinajstić information content (AvgIpc) is 2.32. The van der Waals surface area contributed by atoms with Gasteiger partial charge in [0.25, 0.3) is 0 Å². The van der Waals surface area contributed by atoms with Crippen molar-refractivity contribution in [3.05, 3.63) is 58.4 Å². The van der Waals surface area contributed by atoms with Crippen LogP contribution in [0, 0.1) is 12.7 Å². The lowest BCUT2D eigenvalue weighted by atomic mass is 9.96. The highest BCUT2D eigenvalue weighted by Gasteiger charge is 2.08. The summed E-state index contributed by atoms with van der Waals surface area (Å²) in [4.78, 5) is 0. The molecular weight excluding hydrogens is 237 g/mol. The maximum Gasteiger partial charge on any atom is 0.123 e. The molecule has 0 spiro atoms. The van der Waals surface area contributed by atoms with Crippen molar-refractivity contribution in [2.45, 2.75) is 13.5 Å². The van der Waals surface area contributed by atoms with Crippen LogP contribution >= 0.6 is 11.6 Å². The van der Waals surface area contributed by atoms with Gasteiger partial charge in [-0.25, -0.2) is 4.39 Å². The molecule has 0 bridgehead atoms. The van der Waals surface area contributed by atoms with Crippen molar-refractivity contribution in [1.29, 1.82) is 0 Å². The lowest BCUT2D eigenvalue weighted by Crippen LogP contribution is -2.00. The Morgan fingerprint density at radius 2 is 1.88 bits per heavy atom. The van der Waals surface area contributed by atoms with E-state index in [0.717, 1.165) is 22.3 Å². The summed E-state index contributed by atoms with van der Waals surface area (Å²) in [7, 11) is 0. The number of nitrogens with two attached hydrogens (primary N) is 1. The standard InChI is InChI=1S/C14H13ClFN/c1-9-2-4-12(16)7-14(9)13-5-3-11(15)6-10(13)8-17/h2-7H,8,17H2,1H3. The molecule has 0 aromatic heterocycles. The second-order valence-electron chi connectivity index (χ2n) is 3.96. The fourth-order valence-corrected chi connectivity index (χ4v) is 2.07. The minimum atomic E-state index is -0.247. The van der Waals surface area contributed by atoms with Gasteiger partial charge < -0.3 is 5.73 Å². The summed E-state index contributed by atoms with van der Waals surface area (Å²) in [6, 6.07) is 10.2. The highest BCUT2D eigenvalue weighted by atomic mass is 35.5. The molecule has 0 radical (unpaired) electrons. The Kier molecular flexibility index (Phi) is 3.46. The summed E-state index contributed by atoms with van der Waals surface area (Å²) < 4.78 is 13.3. The van der Waals surface area contributed by atoms with Crippen LogP contribution in [-0.4, -0.2) is 0 Å². The topological polar surface area (TPSA) is 26.0 Å². The Hall–Kier alpha value is -1.38. The summed E-state index contributed by atoms with van der Waals surface area (Å²) >= 11 is 5.92. The van der Waals surface area contributed by atoms with Gasteiger partial charge >= 0.3 is 0 Å². The van der Waals surface area contributed by atoms with E-state index in [1.54, 1.807) is 12.1 Å². The molecule has 0 saturated heterocycles. The molecule has 0 fully saturated rings. The lowest BCUT2D eigenvalue weighted by molar-refractivity contribution is 0.628. The van der Waals surface area contributed by atoms with E-state index in [4.69, 9.17) is 17.3 Å². The van der Waals surface area contributed by atoms with E-state index in [2.05, 4.69) is 0 Å². The first-order valence-electron chi connectivity index (χ1n) is 5.37. The van der Waals surface area contributed by atoms with Gasteiger partial charge in [-0.1, -0.05) is 23.7 Å². The number of hydrogen-bond acceptors (Lipinski definition) is 1. The fraction of sp³-hybridized carbons (Fsp3) is 0.143. The van der Waals surface area contributed by atoms with Gasteiger partial charge in [0.05, 0.1) is 0 Å². The first kappa shape index (κ1) is 12.1. The first-order chi connectivity index (χ1) is 8.11. The number of hydrogen-bond donors (Lipinski definition) is 1. The zero-order valence-electron chi connectivity index (χ0n) is 9.50. The van der Waals surface area contributed by atoms with Crippen LogP contribution in [0.15, 0.2) is 36.4 Å². The zero-order valence-corrected chi connectivity index (χ0v) is 10.3. The SMILES string of the molecule is Cc1ccc(F)cc1-c1ccc(Cl)cc1CN. The molecule has 0 amide bonds. The molecule has 0 heterocycles. The number of halogens is 2. The largest absolute Gasteiger partial charge is 0.326 e. The van der Waals surface area contributed by atoms with Crippen molar-refractivity contribution in [1.82, 2.24) is 0 Å². The van der Waals surface area contributed by atoms with E-state index >= 15 is 0 Å². The predicted molar refractivity (Wildman–Crippen MR) is 69.5 cm³/mol. The molecule has 2 aromatic rings. The van der Waals surface area contributed by atoms with Crippen molar-refractivity contribution in [2.75, 3.05) is 0 Å². The molecule has 0 saturated carbocycles. The van der Waals surface area contributed by atoms with Crippen molar-refractivity contribution < 1.29 is 4.39 Å². The molecule has 0 aliphatic heterocycles. The van der Waals surface area contributed by atoms with Crippen LogP contribution in [0.2, 0.25) is 5.02 Å². The lowest BCUT2D eigenvalue weighted by Gasteiger charge is -2.11. The third kappa shape index (κ3) is 2.48. The highest BCUT2D eigenvalue weighted by molar-refractivity contribution is 6.30. The van der Waals surface area contributed by atoms with Gasteiger partial charge in [0.1, 0.15) is 5.82 Å². The van der Waals surface area contributed by atoms with Crippen LogP contribution in [0.3, 0.4) is 0 Å². The minimum Gasteiger partial charge on any atom is -0.326 e. The molecule has 0 aliphatic rings. The molecule has 2 N–H and O–H groups in total. The fourth-order valence-electron chi connectivity index (χ4n) is 1.88. The Balaban J connectivity index is 2.63. The molecule has 1 nitrogen and oxygen atoms in total. The van der Waals surface area contributed by atoms with Crippen LogP contribution < -0.4 is 5.73 Å². The smallest absolute Gasteiger partial charge is 0.123 e. The summed E-state index contributed by atoms with van der Waals surface area (Å²) in [5, 5.41) is 0.642. The molecule has 2 aromatic carbocycles. The van der Waals surface area contributed by atoms with Gasteiger partial charge in [-0.15, -0.1) is 0 Å². The Morgan fingerprint density at radius 1 is 1.12 bits per heavy atom. The minimum absolute atomic E-state index is 0.247. The van der Waals surface area contributed by atoms with Gasteiger partial charge in [-0.3, -0.25) is 0 Å². The Labute approximate surface area is 105 Å². The van der Waals surface area contributed by atoms with Crippen LogP contribution in [0.5, 0.6) is 0 Å². The van der Waals surface area contributed by atoms with Crippen LogP contribution in [0.25, 0.3) is 11.1 Å². The van der Waals surface area contributed by atoms with Gasteiger partial charge in [-0.2, -0.15) is 0 Å². The van der Waals surface area contributed by atoms with Crippen molar-refractivity contribution in [3.63, 3.8) is 0 Å². The molecule has 0 atom stereocenters. The number of rotatable bonds is 2. The molecule has 0 unspecified atom stereocenters. The van der Waals surface area contributed by atoms with Crippen molar-refractivity contribution in [2.24, 2.45) is 5.73 Å². The third-order valence-electron chi connectivity index (χ3n) is 2.78. The number of benzene rings is 2. The van der Waals surface area contributed by atoms with E-state index in [9.17, 15) is 4.39 Å². The molecule has 17 heavy (non-hydrogen) atoms. The normalized spacial score (nSPS) is 10.6. The molecule has 88 valence electrons. The van der Waals surface area contributed by atoms with E-state index in [0.29, 0.717) is 11.6 Å². The second kappa shape index (κ2) is 4.86. The predicted octanol–water partition coefficient (Wildman–Crippen LogP) is 3.91. The van der Waals surface area contributed by atoms with E-state index in [-0.39, 0.29) is 5.82 Å². The maximum atomic E-state index is 13.3. The second-order valence-corrected chi connectivity index (χ2v) is 4.40. The monoisotopic (exact) mass is 249 g/mol. The van der Waals surface area contributed by atoms with E-state index < -0.39 is 0 Å². The first-order valence-corrected chi connectivity index (χ1v) is 5.74. The van der Waals surface area contributed by atoms with Gasteiger partial charge in [0.2, 0.25) is 0 Å².